The number of carbonyl (C=O) groups is 1. The number of carbonyl (C=O) groups excluding carboxylic acids is 1. The first-order valence-corrected chi connectivity index (χ1v) is 8.66. The van der Waals surface area contributed by atoms with Crippen molar-refractivity contribution in [3.63, 3.8) is 0 Å². The molecule has 3 aromatic rings. The normalized spacial score (nSPS) is 11.9. The number of aromatic nitrogens is 1. The van der Waals surface area contributed by atoms with Gasteiger partial charge in [-0.15, -0.1) is 11.3 Å². The lowest BCUT2D eigenvalue weighted by Gasteiger charge is -2.09. The Balaban J connectivity index is 1.92. The van der Waals surface area contributed by atoms with Gasteiger partial charge in [-0.1, -0.05) is 19.9 Å². The van der Waals surface area contributed by atoms with E-state index >= 15 is 0 Å². The Labute approximate surface area is 151 Å². The maximum absolute atomic E-state index is 12.8. The first kappa shape index (κ1) is 18.2. The number of benzene rings is 1. The summed E-state index contributed by atoms with van der Waals surface area (Å²) in [7, 11) is 0. The third-order valence-corrected chi connectivity index (χ3v) is 4.97. The molecule has 2 aromatic heterocycles. The van der Waals surface area contributed by atoms with E-state index in [1.807, 2.05) is 26.0 Å². The summed E-state index contributed by atoms with van der Waals surface area (Å²) in [6.45, 7) is 4.01. The van der Waals surface area contributed by atoms with Crippen molar-refractivity contribution in [1.29, 1.82) is 0 Å². The average molecular weight is 379 g/mol. The molecule has 8 heteroatoms. The number of nitrogen functional groups attached to an aromatic ring is 1. The van der Waals surface area contributed by atoms with Crippen LogP contribution >= 0.6 is 11.3 Å². The van der Waals surface area contributed by atoms with Crippen molar-refractivity contribution in [3.8, 4) is 0 Å². The molecule has 4 nitrogen and oxygen atoms in total. The lowest BCUT2D eigenvalue weighted by atomic mass is 10.1. The summed E-state index contributed by atoms with van der Waals surface area (Å²) in [6, 6.07) is 8.13. The topological polar surface area (TPSA) is 68.0 Å². The number of hydrogen-bond acceptors (Lipinski definition) is 4. The van der Waals surface area contributed by atoms with Gasteiger partial charge >= 0.3 is 6.18 Å². The highest BCUT2D eigenvalue weighted by molar-refractivity contribution is 7.21. The molecule has 0 aliphatic rings. The third kappa shape index (κ3) is 3.50. The molecule has 0 aliphatic heterocycles. The van der Waals surface area contributed by atoms with E-state index in [1.54, 1.807) is 0 Å². The second-order valence-corrected chi connectivity index (χ2v) is 7.12. The van der Waals surface area contributed by atoms with Gasteiger partial charge in [0.2, 0.25) is 0 Å². The fourth-order valence-electron chi connectivity index (χ4n) is 2.46. The zero-order valence-electron chi connectivity index (χ0n) is 14.0. The van der Waals surface area contributed by atoms with Crippen LogP contribution in [0.25, 0.3) is 10.2 Å². The first-order valence-electron chi connectivity index (χ1n) is 7.84. The number of amides is 1. The summed E-state index contributed by atoms with van der Waals surface area (Å²) < 4.78 is 38.4. The van der Waals surface area contributed by atoms with Crippen LogP contribution in [0.4, 0.5) is 24.5 Å². The third-order valence-electron chi connectivity index (χ3n) is 3.86. The molecule has 1 aromatic carbocycles. The smallest absolute Gasteiger partial charge is 0.397 e. The van der Waals surface area contributed by atoms with Gasteiger partial charge in [-0.05, 0) is 36.2 Å². The molecule has 0 saturated carbocycles. The number of nitrogens with zero attached hydrogens (tertiary/aromatic N) is 1. The predicted octanol–water partition coefficient (Wildman–Crippen LogP) is 5.27. The lowest BCUT2D eigenvalue weighted by Crippen LogP contribution is -2.13. The van der Waals surface area contributed by atoms with Crippen molar-refractivity contribution in [3.05, 3.63) is 52.5 Å². The van der Waals surface area contributed by atoms with Crippen molar-refractivity contribution in [2.24, 2.45) is 0 Å². The number of halogens is 3. The maximum atomic E-state index is 12.8. The number of fused-ring (bicyclic) bond motifs is 1. The number of anilines is 2. The summed E-state index contributed by atoms with van der Waals surface area (Å²) >= 11 is 1.12. The lowest BCUT2D eigenvalue weighted by molar-refractivity contribution is -0.137. The van der Waals surface area contributed by atoms with Crippen LogP contribution < -0.4 is 11.1 Å². The Kier molecular flexibility index (Phi) is 4.62. The van der Waals surface area contributed by atoms with Gasteiger partial charge < -0.3 is 11.1 Å². The number of pyridine rings is 1. The van der Waals surface area contributed by atoms with Gasteiger partial charge in [0, 0.05) is 16.8 Å². The second kappa shape index (κ2) is 6.60. The number of nitrogens with two attached hydrogens (primary N) is 1. The molecule has 26 heavy (non-hydrogen) atoms. The van der Waals surface area contributed by atoms with Gasteiger partial charge in [-0.25, -0.2) is 4.98 Å². The fourth-order valence-corrected chi connectivity index (χ4v) is 3.46. The van der Waals surface area contributed by atoms with Gasteiger partial charge in [0.15, 0.2) is 0 Å². The minimum atomic E-state index is -4.48. The van der Waals surface area contributed by atoms with Crippen LogP contribution in [-0.4, -0.2) is 10.9 Å². The SMILES string of the molecule is CC(C)c1ccc2c(N)c(C(=O)Nc3cccc(C(F)(F)F)c3)sc2n1. The summed E-state index contributed by atoms with van der Waals surface area (Å²) in [5.74, 6) is -0.332. The summed E-state index contributed by atoms with van der Waals surface area (Å²) in [5, 5.41) is 3.13. The van der Waals surface area contributed by atoms with Gasteiger partial charge in [-0.3, -0.25) is 4.79 Å². The van der Waals surface area contributed by atoms with Crippen LogP contribution in [0.5, 0.6) is 0 Å². The molecule has 0 atom stereocenters. The Hall–Kier alpha value is -2.61. The monoisotopic (exact) mass is 379 g/mol. The van der Waals surface area contributed by atoms with Crippen LogP contribution in [0.2, 0.25) is 0 Å². The second-order valence-electron chi connectivity index (χ2n) is 6.12. The van der Waals surface area contributed by atoms with Crippen molar-refractivity contribution in [1.82, 2.24) is 4.98 Å². The highest BCUT2D eigenvalue weighted by atomic mass is 32.1. The molecule has 1 amide bonds. The molecule has 0 aliphatic carbocycles. The number of nitrogens with one attached hydrogen (secondary N) is 1. The van der Waals surface area contributed by atoms with Crippen molar-refractivity contribution in [2.45, 2.75) is 25.9 Å². The highest BCUT2D eigenvalue weighted by Gasteiger charge is 2.30. The van der Waals surface area contributed by atoms with E-state index in [1.165, 1.54) is 12.1 Å². The Bertz CT molecular complexity index is 979. The maximum Gasteiger partial charge on any atom is 0.416 e. The van der Waals surface area contributed by atoms with Gasteiger partial charge in [0.25, 0.3) is 5.91 Å². The molecular weight excluding hydrogens is 363 g/mol. The molecule has 3 N–H and O–H groups in total. The van der Waals surface area contributed by atoms with Crippen molar-refractivity contribution in [2.75, 3.05) is 11.1 Å². The van der Waals surface area contributed by atoms with E-state index in [-0.39, 0.29) is 22.2 Å². The fraction of sp³-hybridized carbons (Fsp3) is 0.222. The first-order chi connectivity index (χ1) is 12.2. The van der Waals surface area contributed by atoms with Crippen LogP contribution in [0.3, 0.4) is 0 Å². The number of alkyl halides is 3. The average Bonchev–Trinajstić information content (AvgIpc) is 2.91. The molecule has 0 unspecified atom stereocenters. The molecule has 0 radical (unpaired) electrons. The summed E-state index contributed by atoms with van der Waals surface area (Å²) in [5.41, 5.74) is 6.42. The van der Waals surface area contributed by atoms with E-state index in [4.69, 9.17) is 5.73 Å². The summed E-state index contributed by atoms with van der Waals surface area (Å²) in [4.78, 5) is 17.9. The van der Waals surface area contributed by atoms with Crippen LogP contribution in [0, 0.1) is 0 Å². The van der Waals surface area contributed by atoms with Gasteiger partial charge in [-0.2, -0.15) is 13.2 Å². The number of rotatable bonds is 3. The van der Waals surface area contributed by atoms with Crippen molar-refractivity contribution >= 4 is 38.8 Å². The molecule has 136 valence electrons. The quantitative estimate of drug-likeness (QED) is 0.651. The van der Waals surface area contributed by atoms with Crippen LogP contribution in [0.15, 0.2) is 36.4 Å². The molecule has 0 spiro atoms. The van der Waals surface area contributed by atoms with E-state index < -0.39 is 17.6 Å². The van der Waals surface area contributed by atoms with E-state index in [0.29, 0.717) is 10.2 Å². The Morgan fingerprint density at radius 3 is 2.62 bits per heavy atom. The number of thiophene rings is 1. The molecule has 0 bridgehead atoms. The Morgan fingerprint density at radius 2 is 1.96 bits per heavy atom. The van der Waals surface area contributed by atoms with Gasteiger partial charge in [0.1, 0.15) is 9.71 Å². The molecule has 0 fully saturated rings. The van der Waals surface area contributed by atoms with Crippen LogP contribution in [0.1, 0.15) is 40.7 Å². The summed E-state index contributed by atoms with van der Waals surface area (Å²) in [6.07, 6.45) is -4.48. The minimum absolute atomic E-state index is 0.0532. The molecule has 0 saturated heterocycles. The van der Waals surface area contributed by atoms with E-state index in [0.717, 1.165) is 29.2 Å². The van der Waals surface area contributed by atoms with E-state index in [9.17, 15) is 18.0 Å². The number of hydrogen-bond donors (Lipinski definition) is 2. The minimum Gasteiger partial charge on any atom is -0.397 e. The van der Waals surface area contributed by atoms with Gasteiger partial charge in [0.05, 0.1) is 11.3 Å². The van der Waals surface area contributed by atoms with E-state index in [2.05, 4.69) is 10.3 Å². The zero-order chi connectivity index (χ0) is 19.1. The molecule has 3 rings (SSSR count). The van der Waals surface area contributed by atoms with Crippen LogP contribution in [-0.2, 0) is 6.18 Å². The van der Waals surface area contributed by atoms with Crippen molar-refractivity contribution < 1.29 is 18.0 Å². The standard InChI is InChI=1S/C18H16F3N3OS/c1-9(2)13-7-6-12-14(22)15(26-17(12)24-13)16(25)23-11-5-3-4-10(8-11)18(19,20)21/h3-9H,22H2,1-2H3,(H,23,25). The highest BCUT2D eigenvalue weighted by Crippen LogP contribution is 2.35. The Morgan fingerprint density at radius 1 is 1.23 bits per heavy atom. The molecular formula is C18H16F3N3OS. The largest absolute Gasteiger partial charge is 0.416 e. The predicted molar refractivity (Wildman–Crippen MR) is 97.5 cm³/mol. The molecule has 2 heterocycles. The zero-order valence-corrected chi connectivity index (χ0v) is 14.8.